The first-order chi connectivity index (χ1) is 9.35. The van der Waals surface area contributed by atoms with Crippen LogP contribution in [0, 0.1) is 0 Å². The van der Waals surface area contributed by atoms with Crippen molar-refractivity contribution in [1.82, 2.24) is 10.4 Å². The maximum atomic E-state index is 14.2. The summed E-state index contributed by atoms with van der Waals surface area (Å²) in [5, 5.41) is 4.98. The Labute approximate surface area is 122 Å². The molecule has 4 heteroatoms. The lowest BCUT2D eigenvalue weighted by Crippen LogP contribution is -2.52. The molecule has 0 spiro atoms. The molecule has 0 aromatic heterocycles. The fourth-order valence-electron chi connectivity index (χ4n) is 2.18. The topological polar surface area (TPSA) is 24.5 Å². The van der Waals surface area contributed by atoms with Crippen LogP contribution < -0.4 is 5.32 Å². The van der Waals surface area contributed by atoms with Gasteiger partial charge < -0.3 is 5.32 Å². The van der Waals surface area contributed by atoms with Crippen LogP contribution in [0.5, 0.6) is 0 Å². The Morgan fingerprint density at radius 3 is 2.65 bits per heavy atom. The van der Waals surface area contributed by atoms with Crippen molar-refractivity contribution in [3.63, 3.8) is 0 Å². The van der Waals surface area contributed by atoms with Gasteiger partial charge in [-0.25, -0.2) is 4.39 Å². The van der Waals surface area contributed by atoms with Crippen molar-refractivity contribution in [3.05, 3.63) is 37.0 Å². The van der Waals surface area contributed by atoms with E-state index in [4.69, 9.17) is 4.84 Å². The molecule has 1 aliphatic rings. The van der Waals surface area contributed by atoms with Crippen molar-refractivity contribution in [2.75, 3.05) is 19.6 Å². The number of rotatable bonds is 6. The van der Waals surface area contributed by atoms with Gasteiger partial charge in [0.05, 0.1) is 12.1 Å². The summed E-state index contributed by atoms with van der Waals surface area (Å²) in [4.78, 5) is 5.71. The molecule has 1 rings (SSSR count). The Kier molecular flexibility index (Phi) is 6.59. The van der Waals surface area contributed by atoms with Crippen LogP contribution >= 0.6 is 0 Å². The number of nitrogens with zero attached hydrogens (tertiary/aromatic N) is 1. The highest BCUT2D eigenvalue weighted by atomic mass is 19.1. The van der Waals surface area contributed by atoms with Crippen LogP contribution in [-0.2, 0) is 4.84 Å². The van der Waals surface area contributed by atoms with Crippen molar-refractivity contribution in [2.45, 2.75) is 45.0 Å². The number of hydrogen-bond acceptors (Lipinski definition) is 3. The molecular weight excluding hydrogens is 255 g/mol. The number of hydrogen-bond donors (Lipinski definition) is 1. The van der Waals surface area contributed by atoms with Crippen molar-refractivity contribution < 1.29 is 9.23 Å². The minimum absolute atomic E-state index is 0.136. The molecule has 0 aromatic carbocycles. The summed E-state index contributed by atoms with van der Waals surface area (Å²) in [6, 6.07) is -0.136. The first kappa shape index (κ1) is 17.1. The minimum Gasteiger partial charge on any atom is -0.307 e. The Hall–Kier alpha value is -0.970. The number of halogens is 1. The lowest BCUT2D eigenvalue weighted by molar-refractivity contribution is -0.244. The molecule has 0 aliphatic carbocycles. The van der Waals surface area contributed by atoms with Crippen LogP contribution in [0.2, 0.25) is 0 Å². The highest BCUT2D eigenvalue weighted by Crippen LogP contribution is 2.19. The lowest BCUT2D eigenvalue weighted by atomic mass is 10.0. The third-order valence-corrected chi connectivity index (χ3v) is 3.07. The largest absolute Gasteiger partial charge is 0.307 e. The molecule has 114 valence electrons. The van der Waals surface area contributed by atoms with Crippen LogP contribution in [0.1, 0.15) is 27.2 Å². The van der Waals surface area contributed by atoms with E-state index in [0.717, 1.165) is 18.5 Å². The van der Waals surface area contributed by atoms with Gasteiger partial charge in [0.1, 0.15) is 6.17 Å². The van der Waals surface area contributed by atoms with Gasteiger partial charge in [-0.2, -0.15) is 5.06 Å². The molecule has 0 radical (unpaired) electrons. The molecule has 0 amide bonds. The summed E-state index contributed by atoms with van der Waals surface area (Å²) in [5.74, 6) is 0. The zero-order valence-electron chi connectivity index (χ0n) is 12.9. The van der Waals surface area contributed by atoms with E-state index in [0.29, 0.717) is 13.1 Å². The predicted molar refractivity (Wildman–Crippen MR) is 82.2 cm³/mol. The second kappa shape index (κ2) is 7.72. The Bertz CT molecular complexity index is 360. The molecule has 3 nitrogen and oxygen atoms in total. The molecule has 0 bridgehead atoms. The molecule has 1 saturated heterocycles. The Morgan fingerprint density at radius 1 is 1.45 bits per heavy atom. The molecule has 1 fully saturated rings. The molecular formula is C16H27FN2O. The zero-order valence-corrected chi connectivity index (χ0v) is 12.9. The number of allylic oxidation sites excluding steroid dienone is 2. The van der Waals surface area contributed by atoms with Crippen molar-refractivity contribution in [1.29, 1.82) is 0 Å². The summed E-state index contributed by atoms with van der Waals surface area (Å²) in [6.45, 7) is 15.0. The average Bonchev–Trinajstić information content (AvgIpc) is 2.34. The summed E-state index contributed by atoms with van der Waals surface area (Å²) in [5.41, 5.74) is 0.739. The standard InChI is InChI=1S/C16H27FN2O/c1-6-8-13(7-2)11-18-15-9-10-19(12-14(15)17)20-16(3,4)5/h6-8,14-15,18H,1-2,9-12H2,3-5H3/b13-8+/t14-,15+/m1/s1. The molecule has 0 unspecified atom stereocenters. The van der Waals surface area contributed by atoms with E-state index in [2.05, 4.69) is 18.5 Å². The molecule has 1 aliphatic heterocycles. The van der Waals surface area contributed by atoms with Crippen LogP contribution in [0.3, 0.4) is 0 Å². The predicted octanol–water partition coefficient (Wildman–Crippen LogP) is 3.02. The van der Waals surface area contributed by atoms with Crippen molar-refractivity contribution >= 4 is 0 Å². The second-order valence-corrected chi connectivity index (χ2v) is 6.07. The molecule has 2 atom stereocenters. The van der Waals surface area contributed by atoms with E-state index in [-0.39, 0.29) is 11.6 Å². The van der Waals surface area contributed by atoms with Gasteiger partial charge in [0.2, 0.25) is 0 Å². The normalized spacial score (nSPS) is 25.5. The van der Waals surface area contributed by atoms with Crippen LogP contribution in [-0.4, -0.2) is 42.5 Å². The maximum absolute atomic E-state index is 14.2. The SMILES string of the molecule is C=C/C=C(\C=C)CN[C@H]1CCN(OC(C)(C)C)C[C@H]1F. The quantitative estimate of drug-likeness (QED) is 0.758. The first-order valence-corrected chi connectivity index (χ1v) is 7.11. The second-order valence-electron chi connectivity index (χ2n) is 6.07. The number of hydroxylamine groups is 2. The van der Waals surface area contributed by atoms with Gasteiger partial charge in [0.15, 0.2) is 0 Å². The summed E-state index contributed by atoms with van der Waals surface area (Å²) >= 11 is 0. The van der Waals surface area contributed by atoms with Gasteiger partial charge in [0, 0.05) is 19.1 Å². The smallest absolute Gasteiger partial charge is 0.130 e. The average molecular weight is 282 g/mol. The van der Waals surface area contributed by atoms with Gasteiger partial charge >= 0.3 is 0 Å². The van der Waals surface area contributed by atoms with Gasteiger partial charge in [-0.3, -0.25) is 4.84 Å². The molecule has 0 aromatic rings. The fourth-order valence-corrected chi connectivity index (χ4v) is 2.18. The van der Waals surface area contributed by atoms with Gasteiger partial charge in [-0.1, -0.05) is 31.4 Å². The third-order valence-electron chi connectivity index (χ3n) is 3.07. The maximum Gasteiger partial charge on any atom is 0.130 e. The molecule has 1 N–H and O–H groups in total. The minimum atomic E-state index is -0.930. The van der Waals surface area contributed by atoms with Gasteiger partial charge in [-0.15, -0.1) is 0 Å². The van der Waals surface area contributed by atoms with Gasteiger partial charge in [0.25, 0.3) is 0 Å². The summed E-state index contributed by atoms with van der Waals surface area (Å²) in [7, 11) is 0. The van der Waals surface area contributed by atoms with E-state index in [1.54, 1.807) is 17.2 Å². The highest BCUT2D eigenvalue weighted by Gasteiger charge is 2.31. The van der Waals surface area contributed by atoms with E-state index >= 15 is 0 Å². The van der Waals surface area contributed by atoms with Crippen LogP contribution in [0.15, 0.2) is 37.0 Å². The number of alkyl halides is 1. The van der Waals surface area contributed by atoms with Crippen molar-refractivity contribution in [3.8, 4) is 0 Å². The summed E-state index contributed by atoms with van der Waals surface area (Å²) < 4.78 is 14.2. The lowest BCUT2D eigenvalue weighted by Gasteiger charge is -2.37. The van der Waals surface area contributed by atoms with E-state index < -0.39 is 6.17 Å². The number of nitrogens with one attached hydrogen (secondary N) is 1. The Balaban J connectivity index is 2.43. The van der Waals surface area contributed by atoms with Crippen LogP contribution in [0.25, 0.3) is 0 Å². The Morgan fingerprint density at radius 2 is 2.15 bits per heavy atom. The zero-order chi connectivity index (χ0) is 15.2. The fraction of sp³-hybridized carbons (Fsp3) is 0.625. The monoisotopic (exact) mass is 282 g/mol. The molecule has 1 heterocycles. The summed E-state index contributed by atoms with van der Waals surface area (Å²) in [6.07, 6.45) is 5.16. The third kappa shape index (κ3) is 5.99. The highest BCUT2D eigenvalue weighted by molar-refractivity contribution is 5.22. The molecule has 0 saturated carbocycles. The number of piperidine rings is 1. The van der Waals surface area contributed by atoms with E-state index in [1.807, 2.05) is 26.8 Å². The van der Waals surface area contributed by atoms with Crippen molar-refractivity contribution in [2.24, 2.45) is 0 Å². The molecule has 20 heavy (non-hydrogen) atoms. The van der Waals surface area contributed by atoms with Gasteiger partial charge in [-0.05, 0) is 32.8 Å². The van der Waals surface area contributed by atoms with E-state index in [9.17, 15) is 4.39 Å². The van der Waals surface area contributed by atoms with Crippen LogP contribution in [0.4, 0.5) is 4.39 Å². The van der Waals surface area contributed by atoms with E-state index in [1.165, 1.54) is 0 Å². The first-order valence-electron chi connectivity index (χ1n) is 7.11.